The van der Waals surface area contributed by atoms with Crippen LogP contribution in [0.5, 0.6) is 0 Å². The normalized spacial score (nSPS) is 33.8. The molecule has 2 saturated carbocycles. The molecule has 2 aromatic rings. The van der Waals surface area contributed by atoms with Crippen molar-refractivity contribution < 1.29 is 9.90 Å². The van der Waals surface area contributed by atoms with E-state index in [-0.39, 0.29) is 17.4 Å². The van der Waals surface area contributed by atoms with Crippen molar-refractivity contribution in [3.05, 3.63) is 41.0 Å². The Balaban J connectivity index is 1.53. The highest BCUT2D eigenvalue weighted by molar-refractivity contribution is 7.15. The Bertz CT molecular complexity index is 836. The van der Waals surface area contributed by atoms with Crippen molar-refractivity contribution in [2.24, 2.45) is 10.8 Å². The Morgan fingerprint density at radius 3 is 2.75 bits per heavy atom. The highest BCUT2D eigenvalue weighted by Gasteiger charge is 2.90. The zero-order chi connectivity index (χ0) is 16.7. The van der Waals surface area contributed by atoms with E-state index < -0.39 is 6.10 Å². The maximum atomic E-state index is 13.3. The number of carbonyl (C=O) groups is 1. The van der Waals surface area contributed by atoms with Crippen LogP contribution in [0, 0.1) is 17.8 Å². The lowest BCUT2D eigenvalue weighted by Crippen LogP contribution is -2.48. The molecule has 124 valence electrons. The number of aliphatic hydroxyl groups excluding tert-OH is 1. The van der Waals surface area contributed by atoms with E-state index in [1.807, 2.05) is 49.1 Å². The number of piperidine rings is 2. The first-order valence-corrected chi connectivity index (χ1v) is 9.31. The fourth-order valence-corrected chi connectivity index (χ4v) is 5.91. The van der Waals surface area contributed by atoms with E-state index in [0.717, 1.165) is 22.0 Å². The van der Waals surface area contributed by atoms with Crippen LogP contribution in [0.2, 0.25) is 0 Å². The summed E-state index contributed by atoms with van der Waals surface area (Å²) >= 11 is 1.56. The molecule has 0 bridgehead atoms. The first kappa shape index (κ1) is 14.6. The zero-order valence-corrected chi connectivity index (χ0v) is 14.6. The summed E-state index contributed by atoms with van der Waals surface area (Å²) in [6.07, 6.45) is 1.88. The molecule has 1 aromatic carbocycles. The van der Waals surface area contributed by atoms with Crippen LogP contribution in [-0.4, -0.2) is 39.6 Å². The second kappa shape index (κ2) is 4.46. The maximum Gasteiger partial charge on any atom is 0.274 e. The molecule has 3 fully saturated rings. The van der Waals surface area contributed by atoms with Crippen LogP contribution >= 0.6 is 11.3 Å². The first-order chi connectivity index (χ1) is 11.5. The van der Waals surface area contributed by atoms with Gasteiger partial charge in [0, 0.05) is 12.0 Å². The lowest BCUT2D eigenvalue weighted by Gasteiger charge is -2.35. The van der Waals surface area contributed by atoms with Crippen molar-refractivity contribution in [3.63, 3.8) is 0 Å². The van der Waals surface area contributed by atoms with Crippen LogP contribution in [0.1, 0.15) is 35.3 Å². The highest BCUT2D eigenvalue weighted by Crippen LogP contribution is 2.91. The lowest BCUT2D eigenvalue weighted by molar-refractivity contribution is 0.0293. The first-order valence-electron chi connectivity index (χ1n) is 8.49. The molecule has 0 spiro atoms. The van der Waals surface area contributed by atoms with Gasteiger partial charge >= 0.3 is 0 Å². The summed E-state index contributed by atoms with van der Waals surface area (Å²) in [6, 6.07) is 9.93. The second-order valence-corrected chi connectivity index (χ2v) is 8.89. The molecular formula is C19H20N2O2S. The van der Waals surface area contributed by atoms with Gasteiger partial charge < -0.3 is 10.0 Å². The Hall–Kier alpha value is -1.72. The number of benzene rings is 1. The predicted octanol–water partition coefficient (Wildman–Crippen LogP) is 3.10. The molecule has 1 amide bonds. The Morgan fingerprint density at radius 1 is 1.38 bits per heavy atom. The Labute approximate surface area is 145 Å². The fourth-order valence-electron chi connectivity index (χ4n) is 5.00. The monoisotopic (exact) mass is 340 g/mol. The third kappa shape index (κ3) is 1.72. The molecule has 1 aliphatic heterocycles. The SMILES string of the molecule is Cc1nc(C(=O)N2CC34CC3(C4)[C@H]2[C@H](C)O)c(-c2ccccc2)s1. The topological polar surface area (TPSA) is 53.4 Å². The summed E-state index contributed by atoms with van der Waals surface area (Å²) in [7, 11) is 0. The second-order valence-electron chi connectivity index (χ2n) is 7.69. The minimum Gasteiger partial charge on any atom is -0.391 e. The number of aliphatic hydroxyl groups is 1. The van der Waals surface area contributed by atoms with Crippen LogP contribution in [0.25, 0.3) is 10.4 Å². The summed E-state index contributed by atoms with van der Waals surface area (Å²) in [5.74, 6) is -0.0187. The van der Waals surface area contributed by atoms with Crippen molar-refractivity contribution in [2.75, 3.05) is 6.54 Å². The van der Waals surface area contributed by atoms with Crippen molar-refractivity contribution in [1.82, 2.24) is 9.88 Å². The van der Waals surface area contributed by atoms with Crippen LogP contribution < -0.4 is 0 Å². The number of nitrogens with zero attached hydrogens (tertiary/aromatic N) is 2. The quantitative estimate of drug-likeness (QED) is 0.934. The summed E-state index contributed by atoms with van der Waals surface area (Å²) < 4.78 is 0. The molecule has 4 nitrogen and oxygen atoms in total. The molecule has 0 radical (unpaired) electrons. The number of aromatic nitrogens is 1. The van der Waals surface area contributed by atoms with Crippen LogP contribution in [0.3, 0.4) is 0 Å². The molecule has 2 heterocycles. The van der Waals surface area contributed by atoms with E-state index in [4.69, 9.17) is 0 Å². The summed E-state index contributed by atoms with van der Waals surface area (Å²) in [5.41, 5.74) is 2.12. The maximum absolute atomic E-state index is 13.3. The van der Waals surface area contributed by atoms with Gasteiger partial charge in [0.05, 0.1) is 22.0 Å². The number of amides is 1. The number of hydrogen-bond donors (Lipinski definition) is 1. The van der Waals surface area contributed by atoms with E-state index in [1.165, 1.54) is 12.8 Å². The van der Waals surface area contributed by atoms with Crippen LogP contribution in [0.15, 0.2) is 30.3 Å². The molecule has 5 heteroatoms. The minimum absolute atomic E-state index is 0.0187. The number of hydrogen-bond acceptors (Lipinski definition) is 4. The van der Waals surface area contributed by atoms with Gasteiger partial charge in [-0.3, -0.25) is 4.79 Å². The number of thiazole rings is 1. The zero-order valence-electron chi connectivity index (χ0n) is 13.8. The van der Waals surface area contributed by atoms with Crippen molar-refractivity contribution in [2.45, 2.75) is 38.8 Å². The highest BCUT2D eigenvalue weighted by atomic mass is 32.1. The predicted molar refractivity (Wildman–Crippen MR) is 92.9 cm³/mol. The molecule has 0 unspecified atom stereocenters. The number of likely N-dealkylation sites (tertiary alicyclic amines) is 1. The van der Waals surface area contributed by atoms with Crippen LogP contribution in [-0.2, 0) is 0 Å². The average molecular weight is 340 g/mol. The fraction of sp³-hybridized carbons (Fsp3) is 0.474. The van der Waals surface area contributed by atoms with Crippen molar-refractivity contribution in [3.8, 4) is 10.4 Å². The van der Waals surface area contributed by atoms with Gasteiger partial charge in [0.25, 0.3) is 5.91 Å². The Kier molecular flexibility index (Phi) is 2.72. The summed E-state index contributed by atoms with van der Waals surface area (Å²) in [6.45, 7) is 4.54. The summed E-state index contributed by atoms with van der Waals surface area (Å²) in [4.78, 5) is 20.6. The van der Waals surface area contributed by atoms with Gasteiger partial charge in [-0.05, 0) is 37.7 Å². The molecule has 1 aromatic heterocycles. The van der Waals surface area contributed by atoms with Gasteiger partial charge in [0.2, 0.25) is 0 Å². The third-order valence-electron chi connectivity index (χ3n) is 6.18. The van der Waals surface area contributed by atoms with Gasteiger partial charge in [-0.15, -0.1) is 11.3 Å². The molecular weight excluding hydrogens is 320 g/mol. The van der Waals surface area contributed by atoms with Gasteiger partial charge in [-0.25, -0.2) is 4.98 Å². The molecule has 1 saturated heterocycles. The summed E-state index contributed by atoms with van der Waals surface area (Å²) in [5, 5.41) is 11.2. The van der Waals surface area contributed by atoms with Gasteiger partial charge in [-0.1, -0.05) is 30.3 Å². The lowest BCUT2D eigenvalue weighted by atomic mass is 9.96. The largest absolute Gasteiger partial charge is 0.391 e. The molecule has 3 aliphatic rings. The van der Waals surface area contributed by atoms with Gasteiger partial charge in [0.15, 0.2) is 0 Å². The van der Waals surface area contributed by atoms with E-state index in [2.05, 4.69) is 4.98 Å². The van der Waals surface area contributed by atoms with Crippen molar-refractivity contribution in [1.29, 1.82) is 0 Å². The molecule has 24 heavy (non-hydrogen) atoms. The van der Waals surface area contributed by atoms with E-state index >= 15 is 0 Å². The molecule has 2 atom stereocenters. The number of aryl methyl sites for hydroxylation is 1. The van der Waals surface area contributed by atoms with E-state index in [1.54, 1.807) is 11.3 Å². The van der Waals surface area contributed by atoms with E-state index in [0.29, 0.717) is 11.1 Å². The Morgan fingerprint density at radius 2 is 2.08 bits per heavy atom. The van der Waals surface area contributed by atoms with Gasteiger partial charge in [0.1, 0.15) is 5.69 Å². The smallest absolute Gasteiger partial charge is 0.274 e. The standard InChI is InChI=1S/C19H20N2O2S/c1-11(22)16-19-8-18(19,9-19)10-21(16)17(23)14-15(24-12(2)20-14)13-6-4-3-5-7-13/h3-7,11,16,22H,8-10H2,1-2H3/t11-,16+,18?,19?/m0/s1. The number of carbonyl (C=O) groups excluding carboxylic acids is 1. The third-order valence-corrected chi connectivity index (χ3v) is 7.20. The minimum atomic E-state index is -0.485. The van der Waals surface area contributed by atoms with E-state index in [9.17, 15) is 9.90 Å². The molecule has 1 N–H and O–H groups in total. The molecule has 5 rings (SSSR count). The number of rotatable bonds is 3. The molecule has 2 aliphatic carbocycles. The van der Waals surface area contributed by atoms with Gasteiger partial charge in [-0.2, -0.15) is 0 Å². The van der Waals surface area contributed by atoms with Crippen molar-refractivity contribution >= 4 is 17.2 Å². The average Bonchev–Trinajstić information content (AvgIpc) is 3.20. The van der Waals surface area contributed by atoms with Crippen LogP contribution in [0.4, 0.5) is 0 Å².